The fraction of sp³-hybridized carbons (Fsp3) is 0.625. The minimum absolute atomic E-state index is 0.239. The summed E-state index contributed by atoms with van der Waals surface area (Å²) in [5.41, 5.74) is 9.11. The van der Waals surface area contributed by atoms with E-state index in [2.05, 4.69) is 52.0 Å². The van der Waals surface area contributed by atoms with Crippen molar-refractivity contribution < 1.29 is 0 Å². The zero-order valence-electron chi connectivity index (χ0n) is 11.8. The summed E-state index contributed by atoms with van der Waals surface area (Å²) < 4.78 is 0. The molecular weight excluding hydrogens is 206 g/mol. The molecule has 1 aromatic carbocycles. The lowest BCUT2D eigenvalue weighted by molar-refractivity contribution is 0.572. The first kappa shape index (κ1) is 14.2. The first-order valence-electron chi connectivity index (χ1n) is 6.78. The third-order valence-corrected chi connectivity index (χ3v) is 3.25. The van der Waals surface area contributed by atoms with Crippen LogP contribution in [0.4, 0.5) is 0 Å². The van der Waals surface area contributed by atoms with Gasteiger partial charge in [0.15, 0.2) is 0 Å². The number of rotatable bonds is 5. The van der Waals surface area contributed by atoms with Crippen molar-refractivity contribution >= 4 is 0 Å². The fourth-order valence-electron chi connectivity index (χ4n) is 2.01. The first-order chi connectivity index (χ1) is 7.93. The number of nitrogens with two attached hydrogens (primary N) is 1. The molecule has 96 valence electrons. The van der Waals surface area contributed by atoms with Crippen LogP contribution in [0.25, 0.3) is 0 Å². The number of benzene rings is 1. The van der Waals surface area contributed by atoms with Crippen molar-refractivity contribution in [3.05, 3.63) is 35.4 Å². The summed E-state index contributed by atoms with van der Waals surface area (Å²) in [6.07, 6.45) is 4.61. The Balaban J connectivity index is 2.56. The number of hydrogen-bond acceptors (Lipinski definition) is 1. The SMILES string of the molecule is CCCCC(N)Cc1ccc(C(C)(C)C)cc1. The van der Waals surface area contributed by atoms with Crippen molar-refractivity contribution in [2.24, 2.45) is 5.73 Å². The van der Waals surface area contributed by atoms with Crippen molar-refractivity contribution in [2.45, 2.75) is 64.8 Å². The lowest BCUT2D eigenvalue weighted by atomic mass is 9.86. The van der Waals surface area contributed by atoms with Crippen molar-refractivity contribution in [3.8, 4) is 0 Å². The number of unbranched alkanes of at least 4 members (excludes halogenated alkanes) is 1. The van der Waals surface area contributed by atoms with E-state index in [0.29, 0.717) is 6.04 Å². The van der Waals surface area contributed by atoms with Crippen LogP contribution in [0.3, 0.4) is 0 Å². The predicted molar refractivity (Wildman–Crippen MR) is 76.3 cm³/mol. The van der Waals surface area contributed by atoms with Gasteiger partial charge in [-0.3, -0.25) is 0 Å². The van der Waals surface area contributed by atoms with Gasteiger partial charge in [0.2, 0.25) is 0 Å². The van der Waals surface area contributed by atoms with E-state index in [0.717, 1.165) is 12.8 Å². The lowest BCUT2D eigenvalue weighted by Gasteiger charge is -2.19. The molecular formula is C16H27N. The molecule has 0 heterocycles. The highest BCUT2D eigenvalue weighted by atomic mass is 14.6. The molecule has 1 nitrogen and oxygen atoms in total. The van der Waals surface area contributed by atoms with Crippen LogP contribution in [0.5, 0.6) is 0 Å². The van der Waals surface area contributed by atoms with E-state index < -0.39 is 0 Å². The van der Waals surface area contributed by atoms with Crippen LogP contribution in [0, 0.1) is 0 Å². The Morgan fingerprint density at radius 2 is 1.71 bits per heavy atom. The molecule has 0 aromatic heterocycles. The molecule has 0 spiro atoms. The lowest BCUT2D eigenvalue weighted by Crippen LogP contribution is -2.22. The van der Waals surface area contributed by atoms with Gasteiger partial charge in [-0.2, -0.15) is 0 Å². The third kappa shape index (κ3) is 4.91. The van der Waals surface area contributed by atoms with Gasteiger partial charge in [-0.1, -0.05) is 64.8 Å². The van der Waals surface area contributed by atoms with Crippen molar-refractivity contribution in [3.63, 3.8) is 0 Å². The van der Waals surface area contributed by atoms with E-state index in [9.17, 15) is 0 Å². The molecule has 1 atom stereocenters. The molecule has 0 saturated heterocycles. The zero-order valence-corrected chi connectivity index (χ0v) is 11.8. The van der Waals surface area contributed by atoms with Gasteiger partial charge < -0.3 is 5.73 Å². The molecule has 0 amide bonds. The highest BCUT2D eigenvalue weighted by Gasteiger charge is 2.13. The molecule has 1 heteroatoms. The van der Waals surface area contributed by atoms with Crippen LogP contribution in [0.15, 0.2) is 24.3 Å². The van der Waals surface area contributed by atoms with Gasteiger partial charge >= 0.3 is 0 Å². The second kappa shape index (κ2) is 6.20. The number of hydrogen-bond donors (Lipinski definition) is 1. The minimum atomic E-state index is 0.239. The van der Waals surface area contributed by atoms with Gasteiger partial charge in [-0.05, 0) is 29.4 Å². The maximum absolute atomic E-state index is 6.12. The topological polar surface area (TPSA) is 26.0 Å². The summed E-state index contributed by atoms with van der Waals surface area (Å²) in [5, 5.41) is 0. The van der Waals surface area contributed by atoms with E-state index in [1.807, 2.05) is 0 Å². The van der Waals surface area contributed by atoms with E-state index in [1.54, 1.807) is 0 Å². The van der Waals surface area contributed by atoms with E-state index in [1.165, 1.54) is 24.0 Å². The Morgan fingerprint density at radius 1 is 1.12 bits per heavy atom. The molecule has 0 fully saturated rings. The Morgan fingerprint density at radius 3 is 2.18 bits per heavy atom. The third-order valence-electron chi connectivity index (χ3n) is 3.25. The van der Waals surface area contributed by atoms with Gasteiger partial charge in [0.25, 0.3) is 0 Å². The highest BCUT2D eigenvalue weighted by molar-refractivity contribution is 5.27. The predicted octanol–water partition coefficient (Wildman–Crippen LogP) is 4.04. The maximum atomic E-state index is 6.12. The Hall–Kier alpha value is -0.820. The second-order valence-electron chi connectivity index (χ2n) is 6.05. The summed E-state index contributed by atoms with van der Waals surface area (Å²) in [7, 11) is 0. The molecule has 0 radical (unpaired) electrons. The van der Waals surface area contributed by atoms with Gasteiger partial charge in [0, 0.05) is 6.04 Å². The van der Waals surface area contributed by atoms with Gasteiger partial charge in [0.05, 0.1) is 0 Å². The van der Waals surface area contributed by atoms with E-state index in [-0.39, 0.29) is 5.41 Å². The molecule has 0 saturated carbocycles. The molecule has 1 rings (SSSR count). The molecule has 0 bridgehead atoms. The van der Waals surface area contributed by atoms with E-state index >= 15 is 0 Å². The van der Waals surface area contributed by atoms with Crippen molar-refractivity contribution in [1.29, 1.82) is 0 Å². The van der Waals surface area contributed by atoms with Crippen molar-refractivity contribution in [2.75, 3.05) is 0 Å². The normalized spacial score (nSPS) is 13.7. The summed E-state index contributed by atoms with van der Waals surface area (Å²) in [4.78, 5) is 0. The average Bonchev–Trinajstić information content (AvgIpc) is 2.26. The standard InChI is InChI=1S/C16H27N/c1-5-6-7-15(17)12-13-8-10-14(11-9-13)16(2,3)4/h8-11,15H,5-7,12,17H2,1-4H3. The fourth-order valence-corrected chi connectivity index (χ4v) is 2.01. The van der Waals surface area contributed by atoms with Crippen LogP contribution in [0.1, 0.15) is 58.1 Å². The van der Waals surface area contributed by atoms with Gasteiger partial charge in [-0.15, -0.1) is 0 Å². The minimum Gasteiger partial charge on any atom is -0.327 e. The molecule has 0 aliphatic heterocycles. The Kier molecular flexibility index (Phi) is 5.20. The van der Waals surface area contributed by atoms with Crippen LogP contribution in [-0.2, 0) is 11.8 Å². The van der Waals surface area contributed by atoms with Crippen molar-refractivity contribution in [1.82, 2.24) is 0 Å². The van der Waals surface area contributed by atoms with Crippen LogP contribution in [0.2, 0.25) is 0 Å². The first-order valence-corrected chi connectivity index (χ1v) is 6.78. The highest BCUT2D eigenvalue weighted by Crippen LogP contribution is 2.22. The van der Waals surface area contributed by atoms with Crippen LogP contribution < -0.4 is 5.73 Å². The molecule has 17 heavy (non-hydrogen) atoms. The van der Waals surface area contributed by atoms with Crippen LogP contribution >= 0.6 is 0 Å². The molecule has 1 unspecified atom stereocenters. The smallest absolute Gasteiger partial charge is 0.00793 e. The Bertz CT molecular complexity index is 318. The van der Waals surface area contributed by atoms with Crippen LogP contribution in [-0.4, -0.2) is 6.04 Å². The zero-order chi connectivity index (χ0) is 12.9. The van der Waals surface area contributed by atoms with Gasteiger partial charge in [-0.25, -0.2) is 0 Å². The molecule has 0 aliphatic rings. The largest absolute Gasteiger partial charge is 0.327 e. The summed E-state index contributed by atoms with van der Waals surface area (Å²) in [6.45, 7) is 8.95. The Labute approximate surface area is 106 Å². The maximum Gasteiger partial charge on any atom is 0.00793 e. The monoisotopic (exact) mass is 233 g/mol. The van der Waals surface area contributed by atoms with E-state index in [4.69, 9.17) is 5.73 Å². The van der Waals surface area contributed by atoms with Gasteiger partial charge in [0.1, 0.15) is 0 Å². The summed E-state index contributed by atoms with van der Waals surface area (Å²) in [5.74, 6) is 0. The molecule has 2 N–H and O–H groups in total. The average molecular weight is 233 g/mol. The molecule has 1 aromatic rings. The second-order valence-corrected chi connectivity index (χ2v) is 6.05. The summed E-state index contributed by atoms with van der Waals surface area (Å²) in [6, 6.07) is 9.25. The molecule has 0 aliphatic carbocycles. The quantitative estimate of drug-likeness (QED) is 0.816. The summed E-state index contributed by atoms with van der Waals surface area (Å²) >= 11 is 0.